The molecule has 0 heterocycles. The Hall–Kier alpha value is -1.90. The van der Waals surface area contributed by atoms with Crippen molar-refractivity contribution in [2.45, 2.75) is 39.3 Å². The van der Waals surface area contributed by atoms with Gasteiger partial charge in [-0.25, -0.2) is 0 Å². The summed E-state index contributed by atoms with van der Waals surface area (Å²) in [5.74, 6) is -0.149. The van der Waals surface area contributed by atoms with Crippen molar-refractivity contribution in [1.82, 2.24) is 4.90 Å². The third kappa shape index (κ3) is 4.85. The number of rotatable bonds is 7. The van der Waals surface area contributed by atoms with E-state index in [0.29, 0.717) is 24.2 Å². The highest BCUT2D eigenvalue weighted by Gasteiger charge is 2.23. The first-order valence-corrected chi connectivity index (χ1v) is 7.17. The van der Waals surface area contributed by atoms with E-state index in [4.69, 9.17) is 10.4 Å². The van der Waals surface area contributed by atoms with Crippen molar-refractivity contribution in [2.75, 3.05) is 18.5 Å². The van der Waals surface area contributed by atoms with Crippen molar-refractivity contribution in [3.05, 3.63) is 29.8 Å². The molecule has 1 atom stereocenters. The van der Waals surface area contributed by atoms with Gasteiger partial charge in [-0.15, -0.1) is 0 Å². The summed E-state index contributed by atoms with van der Waals surface area (Å²) in [6.45, 7) is 6.63. The fraction of sp³-hybridized carbons (Fsp3) is 0.500. The standard InChI is InChI=1S/C16H23N3O2/c1-12(2)19(9-6-10-20)13(3)16(21)18-15-8-5-4-7-14(15)11-17/h4-5,7-8,12-13,20H,6,9-10H2,1-3H3,(H,18,21). The molecule has 0 spiro atoms. The number of anilines is 1. The predicted molar refractivity (Wildman–Crippen MR) is 82.8 cm³/mol. The zero-order valence-corrected chi connectivity index (χ0v) is 12.8. The molecule has 0 saturated carbocycles. The highest BCUT2D eigenvalue weighted by molar-refractivity contribution is 5.95. The lowest BCUT2D eigenvalue weighted by Crippen LogP contribution is -2.46. The van der Waals surface area contributed by atoms with Crippen molar-refractivity contribution in [2.24, 2.45) is 0 Å². The Bertz CT molecular complexity index is 508. The van der Waals surface area contributed by atoms with E-state index < -0.39 is 0 Å². The number of carbonyl (C=O) groups is 1. The van der Waals surface area contributed by atoms with Crippen LogP contribution < -0.4 is 5.32 Å². The minimum atomic E-state index is -0.330. The van der Waals surface area contributed by atoms with E-state index in [1.54, 1.807) is 24.3 Å². The maximum atomic E-state index is 12.4. The molecule has 5 nitrogen and oxygen atoms in total. The van der Waals surface area contributed by atoms with Crippen molar-refractivity contribution in [1.29, 1.82) is 5.26 Å². The Morgan fingerprint density at radius 3 is 2.62 bits per heavy atom. The first kappa shape index (κ1) is 17.2. The molecule has 0 saturated heterocycles. The quantitative estimate of drug-likeness (QED) is 0.804. The second kappa shape index (κ2) is 8.40. The van der Waals surface area contributed by atoms with Crippen LogP contribution in [0.25, 0.3) is 0 Å². The summed E-state index contributed by atoms with van der Waals surface area (Å²) in [5, 5.41) is 20.8. The normalized spacial score (nSPS) is 12.2. The third-order valence-electron chi connectivity index (χ3n) is 3.42. The molecule has 0 bridgehead atoms. The second-order valence-corrected chi connectivity index (χ2v) is 5.23. The van der Waals surface area contributed by atoms with Gasteiger partial charge in [0.25, 0.3) is 0 Å². The van der Waals surface area contributed by atoms with Crippen LogP contribution in [0.2, 0.25) is 0 Å². The highest BCUT2D eigenvalue weighted by atomic mass is 16.3. The van der Waals surface area contributed by atoms with Crippen LogP contribution in [-0.4, -0.2) is 41.1 Å². The van der Waals surface area contributed by atoms with Gasteiger partial charge in [-0.3, -0.25) is 9.69 Å². The van der Waals surface area contributed by atoms with Crippen LogP contribution in [0.3, 0.4) is 0 Å². The molecule has 2 N–H and O–H groups in total. The molecule has 1 aromatic rings. The Kier molecular flexibility index (Phi) is 6.86. The number of aliphatic hydroxyl groups excluding tert-OH is 1. The van der Waals surface area contributed by atoms with Crippen molar-refractivity contribution >= 4 is 11.6 Å². The lowest BCUT2D eigenvalue weighted by atomic mass is 10.1. The molecule has 114 valence electrons. The van der Waals surface area contributed by atoms with Crippen LogP contribution in [0.4, 0.5) is 5.69 Å². The number of nitrogens with one attached hydrogen (secondary N) is 1. The van der Waals surface area contributed by atoms with Gasteiger partial charge in [-0.2, -0.15) is 5.26 Å². The Labute approximate surface area is 126 Å². The number of benzene rings is 1. The van der Waals surface area contributed by atoms with E-state index in [2.05, 4.69) is 11.4 Å². The monoisotopic (exact) mass is 289 g/mol. The number of hydrogen-bond donors (Lipinski definition) is 2. The van der Waals surface area contributed by atoms with E-state index in [0.717, 1.165) is 0 Å². The first-order chi connectivity index (χ1) is 10.0. The summed E-state index contributed by atoms with van der Waals surface area (Å²) in [7, 11) is 0. The van der Waals surface area contributed by atoms with E-state index in [9.17, 15) is 4.79 Å². The summed E-state index contributed by atoms with van der Waals surface area (Å²) in [4.78, 5) is 14.4. The molecule has 1 aromatic carbocycles. The Morgan fingerprint density at radius 2 is 2.05 bits per heavy atom. The lowest BCUT2D eigenvalue weighted by molar-refractivity contribution is -0.121. The van der Waals surface area contributed by atoms with Gasteiger partial charge in [-0.05, 0) is 39.3 Å². The molecule has 1 amide bonds. The van der Waals surface area contributed by atoms with Crippen LogP contribution in [0.5, 0.6) is 0 Å². The van der Waals surface area contributed by atoms with Gasteiger partial charge in [0.2, 0.25) is 5.91 Å². The van der Waals surface area contributed by atoms with Gasteiger partial charge in [0.1, 0.15) is 6.07 Å². The predicted octanol–water partition coefficient (Wildman–Crippen LogP) is 1.98. The topological polar surface area (TPSA) is 76.4 Å². The molecule has 0 radical (unpaired) electrons. The molecule has 21 heavy (non-hydrogen) atoms. The maximum Gasteiger partial charge on any atom is 0.241 e. The molecule has 0 aliphatic carbocycles. The summed E-state index contributed by atoms with van der Waals surface area (Å²) < 4.78 is 0. The SMILES string of the molecule is CC(C)N(CCCO)C(C)C(=O)Nc1ccccc1C#N. The molecule has 1 unspecified atom stereocenters. The zero-order valence-electron chi connectivity index (χ0n) is 12.8. The smallest absolute Gasteiger partial charge is 0.241 e. The average Bonchev–Trinajstić information content (AvgIpc) is 2.47. The molecule has 0 aromatic heterocycles. The summed E-state index contributed by atoms with van der Waals surface area (Å²) >= 11 is 0. The summed E-state index contributed by atoms with van der Waals surface area (Å²) in [6.07, 6.45) is 0.630. The van der Waals surface area contributed by atoms with Crippen LogP contribution in [-0.2, 0) is 4.79 Å². The molecule has 0 aliphatic heterocycles. The Morgan fingerprint density at radius 1 is 1.38 bits per heavy atom. The van der Waals surface area contributed by atoms with E-state index in [1.807, 2.05) is 25.7 Å². The average molecular weight is 289 g/mol. The van der Waals surface area contributed by atoms with Gasteiger partial charge in [0.15, 0.2) is 0 Å². The fourth-order valence-electron chi connectivity index (χ4n) is 2.23. The number of hydrogen-bond acceptors (Lipinski definition) is 4. The lowest BCUT2D eigenvalue weighted by Gasteiger charge is -2.31. The maximum absolute atomic E-state index is 12.4. The summed E-state index contributed by atoms with van der Waals surface area (Å²) in [5.41, 5.74) is 0.979. The van der Waals surface area contributed by atoms with E-state index >= 15 is 0 Å². The summed E-state index contributed by atoms with van der Waals surface area (Å²) in [6, 6.07) is 8.87. The number of nitriles is 1. The molecule has 0 aliphatic rings. The van der Waals surface area contributed by atoms with E-state index in [1.165, 1.54) is 0 Å². The minimum absolute atomic E-state index is 0.106. The van der Waals surface area contributed by atoms with Gasteiger partial charge >= 0.3 is 0 Å². The van der Waals surface area contributed by atoms with Crippen LogP contribution >= 0.6 is 0 Å². The van der Waals surface area contributed by atoms with Crippen molar-refractivity contribution in [3.63, 3.8) is 0 Å². The molecule has 0 fully saturated rings. The Balaban J connectivity index is 2.79. The van der Waals surface area contributed by atoms with Gasteiger partial charge in [-0.1, -0.05) is 12.1 Å². The zero-order chi connectivity index (χ0) is 15.8. The second-order valence-electron chi connectivity index (χ2n) is 5.23. The van der Waals surface area contributed by atoms with Gasteiger partial charge < -0.3 is 10.4 Å². The number of amides is 1. The number of aliphatic hydroxyl groups is 1. The molecule has 5 heteroatoms. The minimum Gasteiger partial charge on any atom is -0.396 e. The molecule has 1 rings (SSSR count). The molecular weight excluding hydrogens is 266 g/mol. The van der Waals surface area contributed by atoms with Crippen LogP contribution in [0.15, 0.2) is 24.3 Å². The highest BCUT2D eigenvalue weighted by Crippen LogP contribution is 2.15. The van der Waals surface area contributed by atoms with Gasteiger partial charge in [0, 0.05) is 19.2 Å². The third-order valence-corrected chi connectivity index (χ3v) is 3.42. The van der Waals surface area contributed by atoms with E-state index in [-0.39, 0.29) is 24.6 Å². The number of para-hydroxylation sites is 1. The number of carbonyl (C=O) groups excluding carboxylic acids is 1. The van der Waals surface area contributed by atoms with Gasteiger partial charge in [0.05, 0.1) is 17.3 Å². The van der Waals surface area contributed by atoms with Crippen molar-refractivity contribution < 1.29 is 9.90 Å². The van der Waals surface area contributed by atoms with Crippen molar-refractivity contribution in [3.8, 4) is 6.07 Å². The number of nitrogens with zero attached hydrogens (tertiary/aromatic N) is 2. The first-order valence-electron chi connectivity index (χ1n) is 7.17. The van der Waals surface area contributed by atoms with Crippen LogP contribution in [0.1, 0.15) is 32.8 Å². The fourth-order valence-corrected chi connectivity index (χ4v) is 2.23. The molecular formula is C16H23N3O2. The van der Waals surface area contributed by atoms with Crippen LogP contribution in [0, 0.1) is 11.3 Å². The largest absolute Gasteiger partial charge is 0.396 e.